The average molecular weight is 333 g/mol. The summed E-state index contributed by atoms with van der Waals surface area (Å²) in [4.78, 5) is 0. The molecule has 0 fully saturated rings. The number of anilines is 2. The normalized spacial score (nSPS) is 9.70. The lowest BCUT2D eigenvalue weighted by Gasteiger charge is -2.13. The lowest BCUT2D eigenvalue weighted by Crippen LogP contribution is -1.96. The first-order chi connectivity index (χ1) is 9.67. The highest BCUT2D eigenvalue weighted by Crippen LogP contribution is 2.34. The van der Waals surface area contributed by atoms with E-state index in [-0.39, 0.29) is 0 Å². The van der Waals surface area contributed by atoms with Crippen LogP contribution >= 0.6 is 15.9 Å². The molecule has 0 amide bonds. The summed E-state index contributed by atoms with van der Waals surface area (Å²) in [5.41, 5.74) is 2.23. The largest absolute Gasteiger partial charge is 0.497 e. The van der Waals surface area contributed by atoms with Gasteiger partial charge in [-0.15, -0.1) is 0 Å². The molecule has 0 heterocycles. The molecular formula is C15H13BrN2O2. The van der Waals surface area contributed by atoms with Gasteiger partial charge in [-0.05, 0) is 46.3 Å². The lowest BCUT2D eigenvalue weighted by molar-refractivity contribution is 0.405. The molecule has 20 heavy (non-hydrogen) atoms. The molecule has 0 atom stereocenters. The van der Waals surface area contributed by atoms with Crippen molar-refractivity contribution in [2.45, 2.75) is 0 Å². The monoisotopic (exact) mass is 332 g/mol. The van der Waals surface area contributed by atoms with E-state index in [4.69, 9.17) is 14.7 Å². The molecule has 0 aliphatic carbocycles. The zero-order chi connectivity index (χ0) is 14.5. The van der Waals surface area contributed by atoms with Gasteiger partial charge in [0, 0.05) is 10.5 Å². The third kappa shape index (κ3) is 3.03. The first-order valence-corrected chi connectivity index (χ1v) is 6.66. The highest BCUT2D eigenvalue weighted by atomic mass is 79.9. The molecule has 1 N–H and O–H groups in total. The van der Waals surface area contributed by atoms with Crippen LogP contribution in [0.3, 0.4) is 0 Å². The fourth-order valence-electron chi connectivity index (χ4n) is 1.74. The maximum Gasteiger partial charge on any atom is 0.142 e. The summed E-state index contributed by atoms with van der Waals surface area (Å²) in [7, 11) is 3.23. The van der Waals surface area contributed by atoms with E-state index in [2.05, 4.69) is 27.3 Å². The number of nitrogens with one attached hydrogen (secondary N) is 1. The number of halogens is 1. The molecule has 0 saturated carbocycles. The van der Waals surface area contributed by atoms with Crippen molar-refractivity contribution < 1.29 is 9.47 Å². The molecule has 4 nitrogen and oxygen atoms in total. The van der Waals surface area contributed by atoms with E-state index in [1.165, 1.54) is 0 Å². The van der Waals surface area contributed by atoms with E-state index in [1.807, 2.05) is 24.3 Å². The van der Waals surface area contributed by atoms with Gasteiger partial charge in [-0.3, -0.25) is 0 Å². The molecule has 5 heteroatoms. The van der Waals surface area contributed by atoms with Crippen LogP contribution in [0.5, 0.6) is 11.5 Å². The van der Waals surface area contributed by atoms with Gasteiger partial charge in [0.2, 0.25) is 0 Å². The van der Waals surface area contributed by atoms with Gasteiger partial charge < -0.3 is 14.8 Å². The summed E-state index contributed by atoms with van der Waals surface area (Å²) in [5, 5.41) is 12.1. The Kier molecular flexibility index (Phi) is 4.49. The predicted octanol–water partition coefficient (Wildman–Crippen LogP) is 4.08. The van der Waals surface area contributed by atoms with Crippen LogP contribution in [0, 0.1) is 11.3 Å². The molecule has 2 aromatic carbocycles. The van der Waals surface area contributed by atoms with Crippen molar-refractivity contribution in [1.29, 1.82) is 5.26 Å². The van der Waals surface area contributed by atoms with Crippen LogP contribution in [0.25, 0.3) is 0 Å². The number of hydrogen-bond donors (Lipinski definition) is 1. The van der Waals surface area contributed by atoms with Crippen molar-refractivity contribution in [3.63, 3.8) is 0 Å². The summed E-state index contributed by atoms with van der Waals surface area (Å²) >= 11 is 3.44. The highest BCUT2D eigenvalue weighted by molar-refractivity contribution is 9.10. The number of nitriles is 1. The molecule has 2 rings (SSSR count). The predicted molar refractivity (Wildman–Crippen MR) is 81.7 cm³/mol. The van der Waals surface area contributed by atoms with Crippen molar-refractivity contribution in [3.8, 4) is 17.6 Å². The second-order valence-corrected chi connectivity index (χ2v) is 4.85. The smallest absolute Gasteiger partial charge is 0.142 e. The van der Waals surface area contributed by atoms with Gasteiger partial charge in [0.25, 0.3) is 0 Å². The van der Waals surface area contributed by atoms with Crippen LogP contribution in [-0.4, -0.2) is 14.2 Å². The minimum atomic E-state index is 0.597. The number of rotatable bonds is 4. The van der Waals surface area contributed by atoms with Crippen LogP contribution < -0.4 is 14.8 Å². The minimum Gasteiger partial charge on any atom is -0.497 e. The van der Waals surface area contributed by atoms with Crippen molar-refractivity contribution >= 4 is 27.3 Å². The van der Waals surface area contributed by atoms with Gasteiger partial charge in [0.15, 0.2) is 0 Å². The molecule has 102 valence electrons. The average Bonchev–Trinajstić information content (AvgIpc) is 2.49. The molecule has 0 aromatic heterocycles. The Morgan fingerprint density at radius 3 is 2.45 bits per heavy atom. The highest BCUT2D eigenvalue weighted by Gasteiger charge is 2.08. The van der Waals surface area contributed by atoms with Crippen LogP contribution in [0.15, 0.2) is 40.9 Å². The van der Waals surface area contributed by atoms with Gasteiger partial charge in [-0.1, -0.05) is 0 Å². The van der Waals surface area contributed by atoms with E-state index < -0.39 is 0 Å². The minimum absolute atomic E-state index is 0.597. The fourth-order valence-corrected chi connectivity index (χ4v) is 2.22. The van der Waals surface area contributed by atoms with E-state index in [1.54, 1.807) is 26.4 Å². The first-order valence-electron chi connectivity index (χ1n) is 5.86. The molecule has 0 unspecified atom stereocenters. The number of methoxy groups -OCH3 is 2. The fraction of sp³-hybridized carbons (Fsp3) is 0.133. The van der Waals surface area contributed by atoms with E-state index in [0.29, 0.717) is 11.3 Å². The van der Waals surface area contributed by atoms with Crippen molar-refractivity contribution in [1.82, 2.24) is 0 Å². The molecular weight excluding hydrogens is 320 g/mol. The van der Waals surface area contributed by atoms with Crippen LogP contribution in [0.1, 0.15) is 5.56 Å². The molecule has 0 saturated heterocycles. The number of nitrogens with zero attached hydrogens (tertiary/aromatic N) is 1. The third-order valence-corrected chi connectivity index (χ3v) is 3.43. The Bertz CT molecular complexity index is 665. The summed E-state index contributed by atoms with van der Waals surface area (Å²) in [6.45, 7) is 0. The molecule has 0 radical (unpaired) electrons. The van der Waals surface area contributed by atoms with Gasteiger partial charge in [0.1, 0.15) is 11.5 Å². The topological polar surface area (TPSA) is 54.3 Å². The number of hydrogen-bond acceptors (Lipinski definition) is 4. The Morgan fingerprint density at radius 2 is 1.85 bits per heavy atom. The molecule has 0 aliphatic heterocycles. The van der Waals surface area contributed by atoms with Gasteiger partial charge in [-0.2, -0.15) is 5.26 Å². The molecule has 0 aliphatic rings. The van der Waals surface area contributed by atoms with Crippen molar-refractivity contribution in [3.05, 3.63) is 46.4 Å². The van der Waals surface area contributed by atoms with Crippen LogP contribution in [0.2, 0.25) is 0 Å². The Morgan fingerprint density at radius 1 is 1.05 bits per heavy atom. The van der Waals surface area contributed by atoms with Gasteiger partial charge in [-0.25, -0.2) is 0 Å². The maximum absolute atomic E-state index is 8.87. The van der Waals surface area contributed by atoms with Gasteiger partial charge in [0.05, 0.1) is 37.2 Å². The van der Waals surface area contributed by atoms with Crippen LogP contribution in [-0.2, 0) is 0 Å². The Labute approximate surface area is 126 Å². The second kappa shape index (κ2) is 6.31. The Hall–Kier alpha value is -2.19. The Balaban J connectivity index is 2.36. The molecule has 0 bridgehead atoms. The quantitative estimate of drug-likeness (QED) is 0.916. The van der Waals surface area contributed by atoms with E-state index in [9.17, 15) is 0 Å². The van der Waals surface area contributed by atoms with Gasteiger partial charge >= 0.3 is 0 Å². The molecule has 0 spiro atoms. The standard InChI is InChI=1S/C15H13BrN2O2/c1-19-11-4-6-15(20-2)14(8-11)18-13-5-3-10(9-17)7-12(13)16/h3-8,18H,1-2H3. The summed E-state index contributed by atoms with van der Waals surface area (Å²) in [6, 6.07) is 13.0. The van der Waals surface area contributed by atoms with Crippen LogP contribution in [0.4, 0.5) is 11.4 Å². The second-order valence-electron chi connectivity index (χ2n) is 4.00. The SMILES string of the molecule is COc1ccc(OC)c(Nc2ccc(C#N)cc2Br)c1. The third-order valence-electron chi connectivity index (χ3n) is 2.77. The zero-order valence-electron chi connectivity index (χ0n) is 11.1. The summed E-state index contributed by atoms with van der Waals surface area (Å²) < 4.78 is 11.3. The summed E-state index contributed by atoms with van der Waals surface area (Å²) in [6.07, 6.45) is 0. The number of benzene rings is 2. The molecule has 2 aromatic rings. The van der Waals surface area contributed by atoms with E-state index >= 15 is 0 Å². The summed E-state index contributed by atoms with van der Waals surface area (Å²) in [5.74, 6) is 1.44. The van der Waals surface area contributed by atoms with Crippen molar-refractivity contribution in [2.24, 2.45) is 0 Å². The zero-order valence-corrected chi connectivity index (χ0v) is 12.7. The first kappa shape index (κ1) is 14.2. The lowest BCUT2D eigenvalue weighted by atomic mass is 10.2. The van der Waals surface area contributed by atoms with E-state index in [0.717, 1.165) is 21.6 Å². The maximum atomic E-state index is 8.87. The number of ether oxygens (including phenoxy) is 2. The van der Waals surface area contributed by atoms with Crippen molar-refractivity contribution in [2.75, 3.05) is 19.5 Å².